The second-order valence-corrected chi connectivity index (χ2v) is 7.08. The molecule has 0 aliphatic carbocycles. The van der Waals surface area contributed by atoms with Crippen LogP contribution >= 0.6 is 0 Å². The molecule has 1 atom stereocenters. The van der Waals surface area contributed by atoms with E-state index in [0.29, 0.717) is 23.7 Å². The first-order valence-corrected chi connectivity index (χ1v) is 9.11. The van der Waals surface area contributed by atoms with Gasteiger partial charge in [0, 0.05) is 30.9 Å². The standard InChI is InChI=1S/C19H28N4O3/c1-13(2)12-17(24)21-15-6-8-16(9-7-15)22-19(26)20-14(3)18(25)23-10-4-5-11-23/h6-9,13-14H,4-5,10-12H2,1-3H3,(H,21,24)(H2,20,22,26)/t14-/m0/s1. The van der Waals surface area contributed by atoms with Gasteiger partial charge in [-0.15, -0.1) is 0 Å². The summed E-state index contributed by atoms with van der Waals surface area (Å²) in [5.41, 5.74) is 1.27. The molecule has 26 heavy (non-hydrogen) atoms. The van der Waals surface area contributed by atoms with Gasteiger partial charge in [-0.1, -0.05) is 13.8 Å². The second-order valence-electron chi connectivity index (χ2n) is 7.08. The van der Waals surface area contributed by atoms with Gasteiger partial charge in [-0.3, -0.25) is 9.59 Å². The summed E-state index contributed by atoms with van der Waals surface area (Å²) in [5, 5.41) is 8.17. The fourth-order valence-corrected chi connectivity index (χ4v) is 2.86. The van der Waals surface area contributed by atoms with Crippen molar-refractivity contribution in [1.82, 2.24) is 10.2 Å². The van der Waals surface area contributed by atoms with Crippen LogP contribution in [0.2, 0.25) is 0 Å². The molecule has 1 aromatic rings. The number of amides is 4. The van der Waals surface area contributed by atoms with Crippen LogP contribution in [-0.4, -0.2) is 41.9 Å². The zero-order valence-electron chi connectivity index (χ0n) is 15.7. The van der Waals surface area contributed by atoms with E-state index >= 15 is 0 Å². The summed E-state index contributed by atoms with van der Waals surface area (Å²) in [5.74, 6) is 0.207. The van der Waals surface area contributed by atoms with Crippen LogP contribution in [-0.2, 0) is 9.59 Å². The van der Waals surface area contributed by atoms with Crippen molar-refractivity contribution in [2.24, 2.45) is 5.92 Å². The normalized spacial score (nSPS) is 14.8. The molecule has 0 spiro atoms. The third-order valence-corrected chi connectivity index (χ3v) is 4.16. The zero-order valence-corrected chi connectivity index (χ0v) is 15.7. The quantitative estimate of drug-likeness (QED) is 0.728. The molecule has 1 fully saturated rings. The van der Waals surface area contributed by atoms with E-state index in [2.05, 4.69) is 16.0 Å². The van der Waals surface area contributed by atoms with Gasteiger partial charge in [-0.2, -0.15) is 0 Å². The van der Waals surface area contributed by atoms with E-state index in [0.717, 1.165) is 25.9 Å². The smallest absolute Gasteiger partial charge is 0.319 e. The maximum absolute atomic E-state index is 12.2. The van der Waals surface area contributed by atoms with Crippen molar-refractivity contribution >= 4 is 29.2 Å². The van der Waals surface area contributed by atoms with E-state index in [4.69, 9.17) is 0 Å². The van der Waals surface area contributed by atoms with Crippen molar-refractivity contribution in [2.45, 2.75) is 46.1 Å². The Balaban J connectivity index is 1.81. The van der Waals surface area contributed by atoms with Crippen LogP contribution in [0.4, 0.5) is 16.2 Å². The summed E-state index contributed by atoms with van der Waals surface area (Å²) in [4.78, 5) is 37.8. The van der Waals surface area contributed by atoms with Crippen LogP contribution in [0.1, 0.15) is 40.0 Å². The average Bonchev–Trinajstić information content (AvgIpc) is 3.09. The highest BCUT2D eigenvalue weighted by Gasteiger charge is 2.24. The zero-order chi connectivity index (χ0) is 19.1. The van der Waals surface area contributed by atoms with Crippen molar-refractivity contribution in [2.75, 3.05) is 23.7 Å². The molecule has 0 unspecified atom stereocenters. The lowest BCUT2D eigenvalue weighted by Crippen LogP contribution is -2.47. The number of carbonyl (C=O) groups is 3. The minimum atomic E-state index is -0.567. The van der Waals surface area contributed by atoms with E-state index in [9.17, 15) is 14.4 Å². The van der Waals surface area contributed by atoms with Gasteiger partial charge in [-0.25, -0.2) is 4.79 Å². The molecule has 1 aliphatic heterocycles. The van der Waals surface area contributed by atoms with Gasteiger partial charge in [0.2, 0.25) is 11.8 Å². The highest BCUT2D eigenvalue weighted by atomic mass is 16.2. The van der Waals surface area contributed by atoms with E-state index in [1.165, 1.54) is 0 Å². The Labute approximate surface area is 154 Å². The molecule has 3 N–H and O–H groups in total. The number of anilines is 2. The molecular formula is C19H28N4O3. The Morgan fingerprint density at radius 1 is 0.962 bits per heavy atom. The van der Waals surface area contributed by atoms with Gasteiger partial charge in [0.15, 0.2) is 0 Å². The first kappa shape index (κ1) is 19.8. The highest BCUT2D eigenvalue weighted by molar-refractivity contribution is 5.94. The summed E-state index contributed by atoms with van der Waals surface area (Å²) in [7, 11) is 0. The number of nitrogens with one attached hydrogen (secondary N) is 3. The molecule has 1 heterocycles. The lowest BCUT2D eigenvalue weighted by atomic mass is 10.1. The maximum Gasteiger partial charge on any atom is 0.319 e. The summed E-state index contributed by atoms with van der Waals surface area (Å²) in [6.07, 6.45) is 2.50. The van der Waals surface area contributed by atoms with E-state index in [1.807, 2.05) is 13.8 Å². The summed E-state index contributed by atoms with van der Waals surface area (Å²) in [6, 6.07) is 5.87. The third-order valence-electron chi connectivity index (χ3n) is 4.16. The molecule has 4 amide bonds. The first-order valence-electron chi connectivity index (χ1n) is 9.11. The first-order chi connectivity index (χ1) is 12.3. The van der Waals surface area contributed by atoms with Gasteiger partial charge < -0.3 is 20.9 Å². The molecular weight excluding hydrogens is 332 g/mol. The van der Waals surface area contributed by atoms with Gasteiger partial charge in [-0.05, 0) is 49.9 Å². The molecule has 0 radical (unpaired) electrons. The van der Waals surface area contributed by atoms with Crippen LogP contribution in [0.5, 0.6) is 0 Å². The lowest BCUT2D eigenvalue weighted by Gasteiger charge is -2.21. The van der Waals surface area contributed by atoms with Crippen molar-refractivity contribution in [3.8, 4) is 0 Å². The molecule has 1 aromatic carbocycles. The molecule has 1 saturated heterocycles. The molecule has 7 nitrogen and oxygen atoms in total. The number of likely N-dealkylation sites (tertiary alicyclic amines) is 1. The molecule has 7 heteroatoms. The number of rotatable bonds is 6. The molecule has 142 valence electrons. The Morgan fingerprint density at radius 2 is 1.50 bits per heavy atom. The number of hydrogen-bond donors (Lipinski definition) is 3. The van der Waals surface area contributed by atoms with Crippen LogP contribution < -0.4 is 16.0 Å². The van der Waals surface area contributed by atoms with Gasteiger partial charge in [0.25, 0.3) is 0 Å². The van der Waals surface area contributed by atoms with Gasteiger partial charge >= 0.3 is 6.03 Å². The van der Waals surface area contributed by atoms with E-state index in [-0.39, 0.29) is 11.8 Å². The Bertz CT molecular complexity index is 637. The Hall–Kier alpha value is -2.57. The summed E-state index contributed by atoms with van der Waals surface area (Å²) >= 11 is 0. The van der Waals surface area contributed by atoms with Gasteiger partial charge in [0.05, 0.1) is 0 Å². The number of hydrogen-bond acceptors (Lipinski definition) is 3. The van der Waals surface area contributed by atoms with Gasteiger partial charge in [0.1, 0.15) is 6.04 Å². The van der Waals surface area contributed by atoms with Crippen LogP contribution in [0.3, 0.4) is 0 Å². The molecule has 1 aliphatic rings. The van der Waals surface area contributed by atoms with Crippen LogP contribution in [0.15, 0.2) is 24.3 Å². The predicted octanol–water partition coefficient (Wildman–Crippen LogP) is 2.80. The largest absolute Gasteiger partial charge is 0.341 e. The SMILES string of the molecule is CC(C)CC(=O)Nc1ccc(NC(=O)N[C@@H](C)C(=O)N2CCCC2)cc1. The van der Waals surface area contributed by atoms with Crippen molar-refractivity contribution in [3.63, 3.8) is 0 Å². The average molecular weight is 360 g/mol. The summed E-state index contributed by atoms with van der Waals surface area (Å²) < 4.78 is 0. The fraction of sp³-hybridized carbons (Fsp3) is 0.526. The topological polar surface area (TPSA) is 90.5 Å². The summed E-state index contributed by atoms with van der Waals surface area (Å²) in [6.45, 7) is 7.18. The van der Waals surface area contributed by atoms with Crippen LogP contribution in [0.25, 0.3) is 0 Å². The van der Waals surface area contributed by atoms with Crippen molar-refractivity contribution < 1.29 is 14.4 Å². The number of urea groups is 1. The maximum atomic E-state index is 12.2. The van der Waals surface area contributed by atoms with Crippen LogP contribution in [0, 0.1) is 5.92 Å². The van der Waals surface area contributed by atoms with E-state index < -0.39 is 12.1 Å². The third kappa shape index (κ3) is 6.06. The molecule has 0 saturated carbocycles. The number of benzene rings is 1. The van der Waals surface area contributed by atoms with Crippen molar-refractivity contribution in [1.29, 1.82) is 0 Å². The molecule has 2 rings (SSSR count). The predicted molar refractivity (Wildman–Crippen MR) is 102 cm³/mol. The molecule has 0 aromatic heterocycles. The Morgan fingerprint density at radius 3 is 2.04 bits per heavy atom. The second kappa shape index (κ2) is 9.22. The number of carbonyl (C=O) groups excluding carboxylic acids is 3. The van der Waals surface area contributed by atoms with E-state index in [1.54, 1.807) is 36.1 Å². The minimum Gasteiger partial charge on any atom is -0.341 e. The lowest BCUT2D eigenvalue weighted by molar-refractivity contribution is -0.131. The monoisotopic (exact) mass is 360 g/mol. The Kier molecular flexibility index (Phi) is 7.00. The fourth-order valence-electron chi connectivity index (χ4n) is 2.86. The minimum absolute atomic E-state index is 0.0345. The number of nitrogens with zero attached hydrogens (tertiary/aromatic N) is 1. The molecule has 0 bridgehead atoms. The van der Waals surface area contributed by atoms with Crippen molar-refractivity contribution in [3.05, 3.63) is 24.3 Å². The highest BCUT2D eigenvalue weighted by Crippen LogP contribution is 2.15.